The minimum absolute atomic E-state index is 0.165. The molecule has 1 saturated heterocycles. The van der Waals surface area contributed by atoms with E-state index in [0.717, 1.165) is 17.3 Å². The Morgan fingerprint density at radius 2 is 2.04 bits per heavy atom. The number of benzene rings is 1. The van der Waals surface area contributed by atoms with E-state index in [1.54, 1.807) is 18.2 Å². The Bertz CT molecular complexity index is 865. The minimum Gasteiger partial charge on any atom is -0.478 e. The number of carbonyl (C=O) groups excluding carboxylic acids is 2. The van der Waals surface area contributed by atoms with Crippen LogP contribution in [-0.4, -0.2) is 22.2 Å². The number of carboxylic acid groups (broad SMARTS) is 1. The summed E-state index contributed by atoms with van der Waals surface area (Å²) in [7, 11) is 0. The second-order valence-corrected chi connectivity index (χ2v) is 5.90. The van der Waals surface area contributed by atoms with Crippen molar-refractivity contribution >= 4 is 35.0 Å². The van der Waals surface area contributed by atoms with Crippen LogP contribution in [0.5, 0.6) is 0 Å². The summed E-state index contributed by atoms with van der Waals surface area (Å²) in [6, 6.07) is 8.12. The van der Waals surface area contributed by atoms with Gasteiger partial charge in [-0.2, -0.15) is 0 Å². The number of nitrogens with one attached hydrogen (secondary N) is 1. The monoisotopic (exact) mass is 329 g/mol. The van der Waals surface area contributed by atoms with Crippen molar-refractivity contribution in [2.75, 3.05) is 0 Å². The number of aromatic carboxylic acids is 1. The molecule has 2 aromatic rings. The maximum Gasteiger partial charge on any atom is 0.335 e. The largest absolute Gasteiger partial charge is 0.478 e. The Labute approximate surface area is 135 Å². The Kier molecular flexibility index (Phi) is 3.79. The Morgan fingerprint density at radius 1 is 1.26 bits per heavy atom. The lowest BCUT2D eigenvalue weighted by atomic mass is 10.0. The van der Waals surface area contributed by atoms with Gasteiger partial charge in [-0.25, -0.2) is 4.79 Å². The van der Waals surface area contributed by atoms with Crippen LogP contribution in [-0.2, 0) is 4.79 Å². The highest BCUT2D eigenvalue weighted by Crippen LogP contribution is 2.30. The van der Waals surface area contributed by atoms with Crippen molar-refractivity contribution in [1.29, 1.82) is 0 Å². The van der Waals surface area contributed by atoms with E-state index in [4.69, 9.17) is 9.52 Å². The second kappa shape index (κ2) is 5.77. The third-order valence-electron chi connectivity index (χ3n) is 3.29. The van der Waals surface area contributed by atoms with Crippen molar-refractivity contribution in [3.05, 3.63) is 52.1 Å². The van der Waals surface area contributed by atoms with Crippen LogP contribution in [0.3, 0.4) is 0 Å². The Balaban J connectivity index is 1.95. The molecule has 0 bridgehead atoms. The number of furan rings is 1. The SMILES string of the molecule is Cc1ccc(C(=O)O)cc1-c1ccc(/C=C2/SC(=O)NC2=O)o1. The first-order valence-electron chi connectivity index (χ1n) is 6.63. The van der Waals surface area contributed by atoms with Crippen molar-refractivity contribution in [2.45, 2.75) is 6.92 Å². The van der Waals surface area contributed by atoms with Gasteiger partial charge in [0.05, 0.1) is 10.5 Å². The first-order chi connectivity index (χ1) is 10.9. The minimum atomic E-state index is -1.02. The highest BCUT2D eigenvalue weighted by molar-refractivity contribution is 8.18. The lowest BCUT2D eigenvalue weighted by Crippen LogP contribution is -2.17. The number of imide groups is 1. The molecule has 0 aliphatic carbocycles. The van der Waals surface area contributed by atoms with Gasteiger partial charge in [-0.3, -0.25) is 14.9 Å². The summed E-state index contributed by atoms with van der Waals surface area (Å²) in [5.74, 6) is -0.570. The molecule has 7 heteroatoms. The van der Waals surface area contributed by atoms with Crippen LogP contribution < -0.4 is 5.32 Å². The van der Waals surface area contributed by atoms with Gasteiger partial charge >= 0.3 is 5.97 Å². The first-order valence-corrected chi connectivity index (χ1v) is 7.45. The van der Waals surface area contributed by atoms with E-state index in [0.29, 0.717) is 17.1 Å². The predicted molar refractivity (Wildman–Crippen MR) is 84.9 cm³/mol. The molecule has 0 spiro atoms. The molecule has 116 valence electrons. The molecule has 2 N–H and O–H groups in total. The highest BCUT2D eigenvalue weighted by atomic mass is 32.2. The Hall–Kier alpha value is -2.80. The van der Waals surface area contributed by atoms with Crippen molar-refractivity contribution < 1.29 is 23.9 Å². The van der Waals surface area contributed by atoms with Gasteiger partial charge in [-0.05, 0) is 48.5 Å². The number of aryl methyl sites for hydroxylation is 1. The van der Waals surface area contributed by atoms with E-state index in [2.05, 4.69) is 5.32 Å². The van der Waals surface area contributed by atoms with E-state index in [9.17, 15) is 14.4 Å². The zero-order valence-corrected chi connectivity index (χ0v) is 12.8. The van der Waals surface area contributed by atoms with E-state index >= 15 is 0 Å². The van der Waals surface area contributed by atoms with Crippen LogP contribution in [0, 0.1) is 6.92 Å². The highest BCUT2D eigenvalue weighted by Gasteiger charge is 2.25. The molecule has 1 aliphatic rings. The molecule has 1 aromatic heterocycles. The van der Waals surface area contributed by atoms with Gasteiger partial charge in [0, 0.05) is 11.6 Å². The summed E-state index contributed by atoms with van der Waals surface area (Å²) in [6.07, 6.45) is 1.48. The number of hydrogen-bond acceptors (Lipinski definition) is 5. The molecule has 2 heterocycles. The van der Waals surface area contributed by atoms with E-state index < -0.39 is 17.1 Å². The van der Waals surface area contributed by atoms with Crippen LogP contribution in [0.4, 0.5) is 4.79 Å². The summed E-state index contributed by atoms with van der Waals surface area (Å²) in [6.45, 7) is 1.85. The normalized spacial score (nSPS) is 16.0. The first kappa shape index (κ1) is 15.1. The maximum atomic E-state index is 11.5. The van der Waals surface area contributed by atoms with Crippen LogP contribution in [0.15, 0.2) is 39.7 Å². The molecule has 0 radical (unpaired) electrons. The molecule has 2 amide bonds. The molecular weight excluding hydrogens is 318 g/mol. The molecule has 1 aromatic carbocycles. The molecule has 0 saturated carbocycles. The zero-order chi connectivity index (χ0) is 16.6. The molecule has 6 nitrogen and oxygen atoms in total. The fourth-order valence-corrected chi connectivity index (χ4v) is 2.81. The van der Waals surface area contributed by atoms with Crippen molar-refractivity contribution in [3.63, 3.8) is 0 Å². The molecule has 3 rings (SSSR count). The number of hydrogen-bond donors (Lipinski definition) is 2. The standard InChI is InChI=1S/C16H11NO5S/c1-8-2-3-9(15(19)20)6-11(8)12-5-4-10(22-12)7-13-14(18)17-16(21)23-13/h2-7H,1H3,(H,19,20)(H,17,18,21)/b13-7+. The number of rotatable bonds is 3. The van der Waals surface area contributed by atoms with E-state index in [1.807, 2.05) is 6.92 Å². The van der Waals surface area contributed by atoms with Gasteiger partial charge in [0.1, 0.15) is 11.5 Å². The Morgan fingerprint density at radius 3 is 2.70 bits per heavy atom. The lowest BCUT2D eigenvalue weighted by Gasteiger charge is -2.04. The van der Waals surface area contributed by atoms with Gasteiger partial charge in [-0.1, -0.05) is 6.07 Å². The molecule has 0 unspecified atom stereocenters. The summed E-state index contributed by atoms with van der Waals surface area (Å²) < 4.78 is 5.66. The van der Waals surface area contributed by atoms with Crippen molar-refractivity contribution in [2.24, 2.45) is 0 Å². The number of carboxylic acids is 1. The summed E-state index contributed by atoms with van der Waals surface area (Å²) in [4.78, 5) is 34.0. The second-order valence-electron chi connectivity index (χ2n) is 4.89. The predicted octanol–water partition coefficient (Wildman–Crippen LogP) is 3.28. The smallest absolute Gasteiger partial charge is 0.335 e. The van der Waals surface area contributed by atoms with Crippen LogP contribution in [0.2, 0.25) is 0 Å². The molecule has 0 atom stereocenters. The lowest BCUT2D eigenvalue weighted by molar-refractivity contribution is -0.115. The fraction of sp³-hybridized carbons (Fsp3) is 0.0625. The van der Waals surface area contributed by atoms with E-state index in [-0.39, 0.29) is 10.5 Å². The fourth-order valence-electron chi connectivity index (χ4n) is 2.15. The third kappa shape index (κ3) is 3.04. The van der Waals surface area contributed by atoms with Crippen LogP contribution in [0.25, 0.3) is 17.4 Å². The summed E-state index contributed by atoms with van der Waals surface area (Å²) >= 11 is 0.807. The van der Waals surface area contributed by atoms with Crippen LogP contribution in [0.1, 0.15) is 21.7 Å². The quantitative estimate of drug-likeness (QED) is 0.839. The maximum absolute atomic E-state index is 11.5. The molecule has 23 heavy (non-hydrogen) atoms. The van der Waals surface area contributed by atoms with Crippen LogP contribution >= 0.6 is 11.8 Å². The molecule has 1 aliphatic heterocycles. The summed E-state index contributed by atoms with van der Waals surface area (Å²) in [5, 5.41) is 10.8. The number of amides is 2. The van der Waals surface area contributed by atoms with Crippen molar-refractivity contribution in [3.8, 4) is 11.3 Å². The number of carbonyl (C=O) groups is 3. The zero-order valence-electron chi connectivity index (χ0n) is 12.0. The third-order valence-corrected chi connectivity index (χ3v) is 4.10. The molecule has 1 fully saturated rings. The van der Waals surface area contributed by atoms with Crippen molar-refractivity contribution in [1.82, 2.24) is 5.32 Å². The van der Waals surface area contributed by atoms with Gasteiger partial charge in [0.25, 0.3) is 11.1 Å². The van der Waals surface area contributed by atoms with Gasteiger partial charge in [0.2, 0.25) is 0 Å². The number of thioether (sulfide) groups is 1. The van der Waals surface area contributed by atoms with Gasteiger partial charge in [-0.15, -0.1) is 0 Å². The van der Waals surface area contributed by atoms with Gasteiger partial charge in [0.15, 0.2) is 0 Å². The topological polar surface area (TPSA) is 96.6 Å². The average molecular weight is 329 g/mol. The van der Waals surface area contributed by atoms with E-state index in [1.165, 1.54) is 18.2 Å². The molecular formula is C16H11NO5S. The summed E-state index contributed by atoms with van der Waals surface area (Å²) in [5.41, 5.74) is 1.69. The average Bonchev–Trinajstić information content (AvgIpc) is 3.06. The van der Waals surface area contributed by atoms with Gasteiger partial charge < -0.3 is 9.52 Å².